The summed E-state index contributed by atoms with van der Waals surface area (Å²) in [4.78, 5) is 1.19. The predicted octanol–water partition coefficient (Wildman–Crippen LogP) is 4.02. The van der Waals surface area contributed by atoms with Gasteiger partial charge in [0, 0.05) is 12.1 Å². The monoisotopic (exact) mass is 299 g/mol. The maximum atomic E-state index is 13.1. The number of nitrogens with zero attached hydrogens (tertiary/aromatic N) is 2. The molecule has 1 aliphatic heterocycles. The van der Waals surface area contributed by atoms with Crippen LogP contribution >= 0.6 is 11.3 Å². The highest BCUT2D eigenvalue weighted by molar-refractivity contribution is 7.13. The molecule has 21 heavy (non-hydrogen) atoms. The molecule has 1 aliphatic rings. The van der Waals surface area contributed by atoms with Gasteiger partial charge in [-0.15, -0.1) is 11.3 Å². The summed E-state index contributed by atoms with van der Waals surface area (Å²) >= 11 is 1.72. The minimum atomic E-state index is -0.232. The molecule has 3 aromatic rings. The Kier molecular flexibility index (Phi) is 2.82. The van der Waals surface area contributed by atoms with Crippen molar-refractivity contribution in [2.75, 3.05) is 11.9 Å². The Hall–Kier alpha value is -2.14. The largest absolute Gasteiger partial charge is 0.369 e. The molecule has 0 spiro atoms. The van der Waals surface area contributed by atoms with Crippen LogP contribution in [0.5, 0.6) is 0 Å². The number of rotatable bonds is 2. The number of anilines is 1. The van der Waals surface area contributed by atoms with E-state index in [2.05, 4.69) is 23.7 Å². The van der Waals surface area contributed by atoms with E-state index in [0.29, 0.717) is 0 Å². The van der Waals surface area contributed by atoms with E-state index in [1.807, 2.05) is 4.68 Å². The normalized spacial score (nSPS) is 13.2. The Labute approximate surface area is 126 Å². The first-order valence-electron chi connectivity index (χ1n) is 6.89. The second kappa shape index (κ2) is 4.70. The van der Waals surface area contributed by atoms with E-state index in [0.717, 1.165) is 30.2 Å². The summed E-state index contributed by atoms with van der Waals surface area (Å²) in [5.74, 6) is 0.798. The Morgan fingerprint density at radius 1 is 1.29 bits per heavy atom. The molecule has 0 bridgehead atoms. The summed E-state index contributed by atoms with van der Waals surface area (Å²) < 4.78 is 15.0. The molecule has 3 heterocycles. The van der Waals surface area contributed by atoms with Crippen molar-refractivity contribution in [1.82, 2.24) is 9.78 Å². The molecule has 0 unspecified atom stereocenters. The molecule has 3 nitrogen and oxygen atoms in total. The number of hydrogen-bond donors (Lipinski definition) is 1. The summed E-state index contributed by atoms with van der Waals surface area (Å²) in [6.45, 7) is 3.02. The van der Waals surface area contributed by atoms with Crippen LogP contribution in [0.2, 0.25) is 0 Å². The van der Waals surface area contributed by atoms with Gasteiger partial charge in [0.05, 0.1) is 10.6 Å². The van der Waals surface area contributed by atoms with Gasteiger partial charge >= 0.3 is 0 Å². The third-order valence-corrected chi connectivity index (χ3v) is 4.74. The van der Waals surface area contributed by atoms with E-state index in [9.17, 15) is 4.39 Å². The molecule has 0 saturated carbocycles. The number of fused-ring (bicyclic) bond motifs is 1. The number of halogens is 1. The van der Waals surface area contributed by atoms with Gasteiger partial charge in [0.15, 0.2) is 0 Å². The lowest BCUT2D eigenvalue weighted by Crippen LogP contribution is -2.04. The van der Waals surface area contributed by atoms with Crippen LogP contribution in [0.25, 0.3) is 16.3 Å². The first-order chi connectivity index (χ1) is 10.2. The van der Waals surface area contributed by atoms with Crippen molar-refractivity contribution in [1.29, 1.82) is 0 Å². The Morgan fingerprint density at radius 3 is 2.81 bits per heavy atom. The molecular weight excluding hydrogens is 285 g/mol. The SMILES string of the molecule is Cc1csc(-c2nn(-c3ccc(F)cc3)c3c2CCN3)c1. The molecule has 0 fully saturated rings. The van der Waals surface area contributed by atoms with Crippen LogP contribution in [0, 0.1) is 12.7 Å². The summed E-state index contributed by atoms with van der Waals surface area (Å²) in [6, 6.07) is 8.61. The highest BCUT2D eigenvalue weighted by atomic mass is 32.1. The number of benzene rings is 1. The van der Waals surface area contributed by atoms with E-state index >= 15 is 0 Å². The number of thiophene rings is 1. The van der Waals surface area contributed by atoms with Gasteiger partial charge in [-0.3, -0.25) is 0 Å². The first-order valence-corrected chi connectivity index (χ1v) is 7.77. The smallest absolute Gasteiger partial charge is 0.133 e. The summed E-state index contributed by atoms with van der Waals surface area (Å²) in [7, 11) is 0. The molecule has 2 aromatic heterocycles. The lowest BCUT2D eigenvalue weighted by Gasteiger charge is -2.05. The lowest BCUT2D eigenvalue weighted by molar-refractivity contribution is 0.627. The van der Waals surface area contributed by atoms with Crippen LogP contribution in [-0.2, 0) is 6.42 Å². The summed E-state index contributed by atoms with van der Waals surface area (Å²) in [5.41, 5.74) is 4.42. The van der Waals surface area contributed by atoms with Gasteiger partial charge < -0.3 is 5.32 Å². The van der Waals surface area contributed by atoms with Gasteiger partial charge in [-0.25, -0.2) is 9.07 Å². The fourth-order valence-electron chi connectivity index (χ4n) is 2.70. The minimum Gasteiger partial charge on any atom is -0.369 e. The second-order valence-corrected chi connectivity index (χ2v) is 6.14. The Morgan fingerprint density at radius 2 is 2.10 bits per heavy atom. The zero-order chi connectivity index (χ0) is 14.4. The van der Waals surface area contributed by atoms with E-state index in [1.165, 1.54) is 28.1 Å². The number of aromatic nitrogens is 2. The van der Waals surface area contributed by atoms with Crippen LogP contribution in [0.1, 0.15) is 11.1 Å². The zero-order valence-electron chi connectivity index (χ0n) is 11.6. The quantitative estimate of drug-likeness (QED) is 0.774. The highest BCUT2D eigenvalue weighted by Crippen LogP contribution is 2.37. The van der Waals surface area contributed by atoms with Gasteiger partial charge in [0.25, 0.3) is 0 Å². The highest BCUT2D eigenvalue weighted by Gasteiger charge is 2.24. The Bertz CT molecular complexity index is 802. The van der Waals surface area contributed by atoms with Crippen molar-refractivity contribution in [2.24, 2.45) is 0 Å². The van der Waals surface area contributed by atoms with Crippen molar-refractivity contribution in [3.8, 4) is 16.3 Å². The molecule has 0 atom stereocenters. The summed E-state index contributed by atoms with van der Waals surface area (Å²) in [6.07, 6.45) is 0.975. The number of nitrogens with one attached hydrogen (secondary N) is 1. The van der Waals surface area contributed by atoms with Crippen molar-refractivity contribution in [3.05, 3.63) is 52.7 Å². The maximum Gasteiger partial charge on any atom is 0.133 e. The molecule has 106 valence electrons. The van der Waals surface area contributed by atoms with Crippen LogP contribution in [0.4, 0.5) is 10.2 Å². The van der Waals surface area contributed by atoms with Crippen LogP contribution in [0.3, 0.4) is 0 Å². The average molecular weight is 299 g/mol. The molecule has 0 radical (unpaired) electrons. The Balaban J connectivity index is 1.88. The zero-order valence-corrected chi connectivity index (χ0v) is 12.4. The predicted molar refractivity (Wildman–Crippen MR) is 83.8 cm³/mol. The second-order valence-electron chi connectivity index (χ2n) is 5.23. The van der Waals surface area contributed by atoms with E-state index in [4.69, 9.17) is 5.10 Å². The molecule has 5 heteroatoms. The minimum absolute atomic E-state index is 0.232. The van der Waals surface area contributed by atoms with E-state index in [1.54, 1.807) is 23.5 Å². The van der Waals surface area contributed by atoms with Crippen molar-refractivity contribution < 1.29 is 4.39 Å². The number of aryl methyl sites for hydroxylation is 1. The molecule has 1 N–H and O–H groups in total. The van der Waals surface area contributed by atoms with Gasteiger partial charge in [0.1, 0.15) is 17.3 Å². The third-order valence-electron chi connectivity index (χ3n) is 3.69. The van der Waals surface area contributed by atoms with Gasteiger partial charge in [0.2, 0.25) is 0 Å². The summed E-state index contributed by atoms with van der Waals surface area (Å²) in [5, 5.41) is 10.3. The molecule has 0 amide bonds. The van der Waals surface area contributed by atoms with Crippen LogP contribution < -0.4 is 5.32 Å². The standard InChI is InChI=1S/C16H14FN3S/c1-10-8-14(21-9-10)15-13-6-7-18-16(13)20(19-15)12-4-2-11(17)3-5-12/h2-5,8-9,18H,6-7H2,1H3. The molecule has 0 saturated heterocycles. The molecular formula is C16H14FN3S. The molecule has 4 rings (SSSR count). The fraction of sp³-hybridized carbons (Fsp3) is 0.188. The van der Waals surface area contributed by atoms with Gasteiger partial charge in [-0.1, -0.05) is 0 Å². The average Bonchev–Trinajstić information content (AvgIpc) is 3.15. The van der Waals surface area contributed by atoms with Crippen LogP contribution in [0.15, 0.2) is 35.7 Å². The molecule has 1 aromatic carbocycles. The maximum absolute atomic E-state index is 13.1. The van der Waals surface area contributed by atoms with Crippen LogP contribution in [-0.4, -0.2) is 16.3 Å². The van der Waals surface area contributed by atoms with Gasteiger partial charge in [-0.2, -0.15) is 5.10 Å². The first kappa shape index (κ1) is 12.6. The van der Waals surface area contributed by atoms with E-state index < -0.39 is 0 Å². The topological polar surface area (TPSA) is 29.9 Å². The van der Waals surface area contributed by atoms with Gasteiger partial charge in [-0.05, 0) is 54.6 Å². The van der Waals surface area contributed by atoms with Crippen molar-refractivity contribution >= 4 is 17.2 Å². The number of hydrogen-bond acceptors (Lipinski definition) is 3. The van der Waals surface area contributed by atoms with E-state index in [-0.39, 0.29) is 5.82 Å². The molecule has 0 aliphatic carbocycles. The fourth-order valence-corrected chi connectivity index (χ4v) is 3.61. The third kappa shape index (κ3) is 2.05. The lowest BCUT2D eigenvalue weighted by atomic mass is 10.1. The van der Waals surface area contributed by atoms with Crippen molar-refractivity contribution in [3.63, 3.8) is 0 Å². The van der Waals surface area contributed by atoms with Crippen molar-refractivity contribution in [2.45, 2.75) is 13.3 Å².